The largest absolute Gasteiger partial charge is 0.466 e. The van der Waals surface area contributed by atoms with E-state index in [0.717, 1.165) is 23.3 Å². The lowest BCUT2D eigenvalue weighted by Crippen LogP contribution is -2.24. The molecule has 4 nitrogen and oxygen atoms in total. The van der Waals surface area contributed by atoms with E-state index in [1.54, 1.807) is 6.20 Å². The fourth-order valence-corrected chi connectivity index (χ4v) is 2.63. The fourth-order valence-electron chi connectivity index (χ4n) is 2.39. The summed E-state index contributed by atoms with van der Waals surface area (Å²) in [4.78, 5) is 18.5. The maximum Gasteiger partial charge on any atom is 0.310 e. The predicted octanol–water partition coefficient (Wildman–Crippen LogP) is 2.05. The van der Waals surface area contributed by atoms with Gasteiger partial charge in [-0.3, -0.25) is 9.78 Å². The van der Waals surface area contributed by atoms with Gasteiger partial charge in [-0.2, -0.15) is 0 Å². The average Bonchev–Trinajstić information content (AvgIpc) is 2.73. The molecule has 1 aromatic heterocycles. The second kappa shape index (κ2) is 5.80. The molecule has 5 heteroatoms. The Morgan fingerprint density at radius 3 is 2.94 bits per heavy atom. The molecule has 2 heterocycles. The molecule has 0 N–H and O–H groups in total. The van der Waals surface area contributed by atoms with E-state index in [4.69, 9.17) is 4.74 Å². The highest BCUT2D eigenvalue weighted by Crippen LogP contribution is 2.32. The van der Waals surface area contributed by atoms with Crippen molar-refractivity contribution < 1.29 is 9.53 Å². The Morgan fingerprint density at radius 1 is 1.56 bits per heavy atom. The van der Waals surface area contributed by atoms with Gasteiger partial charge in [0, 0.05) is 35.4 Å². The number of hydrogen-bond acceptors (Lipinski definition) is 4. The number of pyridine rings is 1. The van der Waals surface area contributed by atoms with Crippen molar-refractivity contribution in [3.8, 4) is 0 Å². The molecule has 0 spiro atoms. The Hall–Kier alpha value is -0.940. The number of carbonyl (C=O) groups excluding carboxylic acids is 1. The number of nitrogens with zero attached hydrogens (tertiary/aromatic N) is 2. The summed E-state index contributed by atoms with van der Waals surface area (Å²) in [6.45, 7) is 3.85. The molecule has 2 rings (SSSR count). The number of ether oxygens (including phenoxy) is 1. The van der Waals surface area contributed by atoms with Crippen molar-refractivity contribution in [1.29, 1.82) is 0 Å². The maximum absolute atomic E-state index is 12.0. The quantitative estimate of drug-likeness (QED) is 0.801. The third kappa shape index (κ3) is 2.90. The van der Waals surface area contributed by atoms with Crippen LogP contribution in [0.1, 0.15) is 18.5 Å². The van der Waals surface area contributed by atoms with Crippen molar-refractivity contribution in [2.45, 2.75) is 12.8 Å². The van der Waals surface area contributed by atoms with E-state index in [1.165, 1.54) is 0 Å². The molecule has 1 aliphatic heterocycles. The zero-order chi connectivity index (χ0) is 13.1. The molecule has 1 aliphatic rings. The molecule has 0 bridgehead atoms. The van der Waals surface area contributed by atoms with Crippen LogP contribution in [-0.4, -0.2) is 42.6 Å². The molecule has 0 aromatic carbocycles. The number of likely N-dealkylation sites (tertiary alicyclic amines) is 1. The van der Waals surface area contributed by atoms with Crippen molar-refractivity contribution in [2.75, 3.05) is 26.7 Å². The van der Waals surface area contributed by atoms with Crippen molar-refractivity contribution in [1.82, 2.24) is 9.88 Å². The lowest BCUT2D eigenvalue weighted by Gasteiger charge is -2.16. The molecule has 0 saturated carbocycles. The molecule has 2 atom stereocenters. The zero-order valence-corrected chi connectivity index (χ0v) is 12.2. The van der Waals surface area contributed by atoms with Crippen LogP contribution in [0.3, 0.4) is 0 Å². The molecule has 18 heavy (non-hydrogen) atoms. The number of rotatable bonds is 3. The Balaban J connectivity index is 2.19. The molecular formula is C13H17BrN2O2. The number of halogens is 1. The number of carbonyl (C=O) groups is 1. The monoisotopic (exact) mass is 312 g/mol. The van der Waals surface area contributed by atoms with Crippen LogP contribution in [-0.2, 0) is 9.53 Å². The summed E-state index contributed by atoms with van der Waals surface area (Å²) in [5.74, 6) is -0.0951. The highest BCUT2D eigenvalue weighted by atomic mass is 79.9. The molecule has 98 valence electrons. The molecule has 1 aromatic rings. The summed E-state index contributed by atoms with van der Waals surface area (Å²) in [5, 5.41) is 0. The summed E-state index contributed by atoms with van der Waals surface area (Å²) in [6.07, 6.45) is 1.77. The van der Waals surface area contributed by atoms with Crippen molar-refractivity contribution in [3.63, 3.8) is 0 Å². The smallest absolute Gasteiger partial charge is 0.310 e. The SMILES string of the molecule is CCOC(=O)C1CN(C)CC1c1ccc(Br)cn1. The minimum absolute atomic E-state index is 0.108. The van der Waals surface area contributed by atoms with Gasteiger partial charge in [-0.1, -0.05) is 0 Å². The first-order valence-electron chi connectivity index (χ1n) is 6.08. The second-order valence-electron chi connectivity index (χ2n) is 4.59. The van der Waals surface area contributed by atoms with Crippen LogP contribution >= 0.6 is 15.9 Å². The first-order chi connectivity index (χ1) is 8.61. The molecule has 0 amide bonds. The molecule has 1 fully saturated rings. The van der Waals surface area contributed by atoms with Gasteiger partial charge in [-0.15, -0.1) is 0 Å². The predicted molar refractivity (Wildman–Crippen MR) is 72.3 cm³/mol. The van der Waals surface area contributed by atoms with Gasteiger partial charge in [-0.05, 0) is 42.0 Å². The lowest BCUT2D eigenvalue weighted by molar-refractivity contribution is -0.148. The van der Waals surface area contributed by atoms with E-state index < -0.39 is 0 Å². The van der Waals surface area contributed by atoms with Crippen LogP contribution in [0.25, 0.3) is 0 Å². The molecule has 0 radical (unpaired) electrons. The Morgan fingerprint density at radius 2 is 2.33 bits per heavy atom. The van der Waals surface area contributed by atoms with Crippen molar-refractivity contribution >= 4 is 21.9 Å². The number of aromatic nitrogens is 1. The number of esters is 1. The van der Waals surface area contributed by atoms with E-state index in [0.29, 0.717) is 6.61 Å². The summed E-state index contributed by atoms with van der Waals surface area (Å²) in [7, 11) is 2.02. The average molecular weight is 313 g/mol. The van der Waals surface area contributed by atoms with Crippen LogP contribution < -0.4 is 0 Å². The lowest BCUT2D eigenvalue weighted by atomic mass is 9.92. The second-order valence-corrected chi connectivity index (χ2v) is 5.50. The van der Waals surface area contributed by atoms with Crippen molar-refractivity contribution in [3.05, 3.63) is 28.5 Å². The Kier molecular flexibility index (Phi) is 4.35. The Bertz CT molecular complexity index is 422. The van der Waals surface area contributed by atoms with E-state index in [-0.39, 0.29) is 17.8 Å². The highest BCUT2D eigenvalue weighted by molar-refractivity contribution is 9.10. The molecule has 1 saturated heterocycles. The van der Waals surface area contributed by atoms with Gasteiger partial charge in [0.05, 0.1) is 12.5 Å². The first kappa shape index (κ1) is 13.5. The number of likely N-dealkylation sites (N-methyl/N-ethyl adjacent to an activating group) is 1. The van der Waals surface area contributed by atoms with E-state index in [1.807, 2.05) is 26.1 Å². The third-order valence-corrected chi connectivity index (χ3v) is 3.69. The minimum Gasteiger partial charge on any atom is -0.466 e. The summed E-state index contributed by atoms with van der Waals surface area (Å²) < 4.78 is 6.10. The zero-order valence-electron chi connectivity index (χ0n) is 10.6. The van der Waals surface area contributed by atoms with Gasteiger partial charge in [-0.25, -0.2) is 0 Å². The highest BCUT2D eigenvalue weighted by Gasteiger charge is 2.38. The van der Waals surface area contributed by atoms with Gasteiger partial charge in [0.1, 0.15) is 0 Å². The van der Waals surface area contributed by atoms with Gasteiger partial charge in [0.2, 0.25) is 0 Å². The van der Waals surface area contributed by atoms with E-state index >= 15 is 0 Å². The van der Waals surface area contributed by atoms with Gasteiger partial charge >= 0.3 is 5.97 Å². The fraction of sp³-hybridized carbons (Fsp3) is 0.538. The van der Waals surface area contributed by atoms with Gasteiger partial charge < -0.3 is 9.64 Å². The van der Waals surface area contributed by atoms with Gasteiger partial charge in [0.25, 0.3) is 0 Å². The van der Waals surface area contributed by atoms with Crippen LogP contribution in [0.5, 0.6) is 0 Å². The summed E-state index contributed by atoms with van der Waals surface area (Å²) in [6, 6.07) is 3.93. The van der Waals surface area contributed by atoms with E-state index in [2.05, 4.69) is 25.8 Å². The third-order valence-electron chi connectivity index (χ3n) is 3.22. The van der Waals surface area contributed by atoms with Crippen molar-refractivity contribution in [2.24, 2.45) is 5.92 Å². The summed E-state index contributed by atoms with van der Waals surface area (Å²) in [5.41, 5.74) is 0.959. The standard InChI is InChI=1S/C13H17BrN2O2/c1-3-18-13(17)11-8-16(2)7-10(11)12-5-4-9(14)6-15-12/h4-6,10-11H,3,7-8H2,1-2H3. The molecule has 2 unspecified atom stereocenters. The first-order valence-corrected chi connectivity index (χ1v) is 6.87. The van der Waals surface area contributed by atoms with Gasteiger partial charge in [0.15, 0.2) is 0 Å². The molecule has 0 aliphatic carbocycles. The van der Waals surface area contributed by atoms with Crippen LogP contribution in [0, 0.1) is 5.92 Å². The van der Waals surface area contributed by atoms with E-state index in [9.17, 15) is 4.79 Å². The van der Waals surface area contributed by atoms with Crippen LogP contribution in [0.15, 0.2) is 22.8 Å². The van der Waals surface area contributed by atoms with Crippen LogP contribution in [0.2, 0.25) is 0 Å². The van der Waals surface area contributed by atoms with Crippen LogP contribution in [0.4, 0.5) is 0 Å². The number of hydrogen-bond donors (Lipinski definition) is 0. The molecular weight excluding hydrogens is 296 g/mol. The Labute approximate surface area is 115 Å². The minimum atomic E-state index is -0.114. The maximum atomic E-state index is 12.0. The normalized spacial score (nSPS) is 24.2. The summed E-state index contributed by atoms with van der Waals surface area (Å²) >= 11 is 3.37. The topological polar surface area (TPSA) is 42.4 Å².